The van der Waals surface area contributed by atoms with E-state index in [0.717, 1.165) is 17.7 Å². The lowest BCUT2D eigenvalue weighted by Crippen LogP contribution is -1.78. The molecule has 0 saturated carbocycles. The lowest BCUT2D eigenvalue weighted by molar-refractivity contribution is 1.31. The minimum Gasteiger partial charge on any atom is -0.178 e. The van der Waals surface area contributed by atoms with Crippen molar-refractivity contribution in [2.45, 2.75) is 6.42 Å². The maximum atomic E-state index is 4.13. The molecule has 2 aromatic rings. The van der Waals surface area contributed by atoms with Gasteiger partial charge >= 0.3 is 0 Å². The first kappa shape index (κ1) is 11.8. The Morgan fingerprint density at radius 1 is 0.824 bits per heavy atom. The van der Waals surface area contributed by atoms with Crippen molar-refractivity contribution in [3.8, 4) is 23.0 Å². The van der Waals surface area contributed by atoms with Gasteiger partial charge in [-0.05, 0) is 23.3 Å². The van der Waals surface area contributed by atoms with Gasteiger partial charge in [0.2, 0.25) is 0 Å². The third-order valence-corrected chi connectivity index (χ3v) is 2.69. The predicted molar refractivity (Wildman–Crippen MR) is 77.2 cm³/mol. The van der Waals surface area contributed by atoms with E-state index >= 15 is 0 Å². The molecule has 84 valence electrons. The summed E-state index contributed by atoms with van der Waals surface area (Å²) in [7, 11) is 0. The summed E-state index contributed by atoms with van der Waals surface area (Å²) < 4.78 is 0. The molecule has 2 rings (SSSR count). The third-order valence-electron chi connectivity index (χ3n) is 2.46. The highest BCUT2D eigenvalue weighted by Crippen LogP contribution is 2.18. The summed E-state index contributed by atoms with van der Waals surface area (Å²) >= 11 is 4.13. The molecule has 0 aliphatic heterocycles. The van der Waals surface area contributed by atoms with E-state index in [9.17, 15) is 0 Å². The Morgan fingerprint density at radius 3 is 2.12 bits per heavy atom. The van der Waals surface area contributed by atoms with Crippen LogP contribution in [0.4, 0.5) is 0 Å². The van der Waals surface area contributed by atoms with Gasteiger partial charge < -0.3 is 0 Å². The number of thiol groups is 1. The molecule has 1 heteroatoms. The van der Waals surface area contributed by atoms with Crippen LogP contribution in [0, 0.1) is 11.8 Å². The standard InChI is InChI=1S/C16H14S/c17-13-5-4-6-14-9-11-16(12-10-14)15-7-2-1-3-8-15/h1-3,7-12,17H,5,13H2. The fraction of sp³-hybridized carbons (Fsp3) is 0.125. The molecule has 0 heterocycles. The second-order valence-electron chi connectivity index (χ2n) is 3.72. The molecule has 0 atom stereocenters. The van der Waals surface area contributed by atoms with Crippen LogP contribution < -0.4 is 0 Å². The molecule has 0 fully saturated rings. The zero-order valence-corrected chi connectivity index (χ0v) is 10.5. The Hall–Kier alpha value is -1.65. The van der Waals surface area contributed by atoms with Gasteiger partial charge in [0.25, 0.3) is 0 Å². The number of benzene rings is 2. The highest BCUT2D eigenvalue weighted by Gasteiger charge is 1.95. The van der Waals surface area contributed by atoms with Crippen LogP contribution >= 0.6 is 12.6 Å². The van der Waals surface area contributed by atoms with Gasteiger partial charge in [-0.25, -0.2) is 0 Å². The van der Waals surface area contributed by atoms with Crippen molar-refractivity contribution in [1.82, 2.24) is 0 Å². The van der Waals surface area contributed by atoms with Gasteiger partial charge in [0, 0.05) is 17.7 Å². The fourth-order valence-corrected chi connectivity index (χ4v) is 1.71. The quantitative estimate of drug-likeness (QED) is 0.593. The first-order valence-electron chi connectivity index (χ1n) is 5.65. The molecule has 0 aliphatic rings. The SMILES string of the molecule is SCCC#Cc1ccc(-c2ccccc2)cc1. The second-order valence-corrected chi connectivity index (χ2v) is 4.17. The highest BCUT2D eigenvalue weighted by atomic mass is 32.1. The maximum Gasteiger partial charge on any atom is 0.0245 e. The molecule has 0 aliphatic carbocycles. The van der Waals surface area contributed by atoms with Crippen LogP contribution in [0.1, 0.15) is 12.0 Å². The second kappa shape index (κ2) is 6.18. The lowest BCUT2D eigenvalue weighted by atomic mass is 10.0. The van der Waals surface area contributed by atoms with E-state index < -0.39 is 0 Å². The zero-order chi connectivity index (χ0) is 11.9. The van der Waals surface area contributed by atoms with Crippen molar-refractivity contribution in [2.75, 3.05) is 5.75 Å². The van der Waals surface area contributed by atoms with Crippen molar-refractivity contribution < 1.29 is 0 Å². The molecule has 0 N–H and O–H groups in total. The van der Waals surface area contributed by atoms with E-state index in [0.29, 0.717) is 0 Å². The molecule has 0 saturated heterocycles. The highest BCUT2D eigenvalue weighted by molar-refractivity contribution is 7.80. The molecule has 0 amide bonds. The summed E-state index contributed by atoms with van der Waals surface area (Å²) in [5.41, 5.74) is 3.53. The Bertz CT molecular complexity index is 515. The van der Waals surface area contributed by atoms with Crippen molar-refractivity contribution in [3.05, 3.63) is 60.2 Å². The van der Waals surface area contributed by atoms with E-state index in [1.54, 1.807) is 0 Å². The van der Waals surface area contributed by atoms with E-state index in [1.165, 1.54) is 11.1 Å². The van der Waals surface area contributed by atoms with Crippen LogP contribution in [0.25, 0.3) is 11.1 Å². The van der Waals surface area contributed by atoms with Gasteiger partial charge in [0.15, 0.2) is 0 Å². The Labute approximate surface area is 108 Å². The molecule has 2 aromatic carbocycles. The topological polar surface area (TPSA) is 0 Å². The van der Waals surface area contributed by atoms with E-state index in [2.05, 4.69) is 73.0 Å². The summed E-state index contributed by atoms with van der Waals surface area (Å²) in [5, 5.41) is 0. The van der Waals surface area contributed by atoms with Crippen LogP contribution in [-0.2, 0) is 0 Å². The van der Waals surface area contributed by atoms with E-state index in [-0.39, 0.29) is 0 Å². The van der Waals surface area contributed by atoms with Crippen molar-refractivity contribution in [3.63, 3.8) is 0 Å². The zero-order valence-electron chi connectivity index (χ0n) is 9.56. The Kier molecular flexibility index (Phi) is 4.30. The minimum atomic E-state index is 0.815. The molecule has 0 aromatic heterocycles. The predicted octanol–water partition coefficient (Wildman–Crippen LogP) is 4.03. The average molecular weight is 238 g/mol. The Balaban J connectivity index is 2.17. The number of hydrogen-bond donors (Lipinski definition) is 1. The van der Waals surface area contributed by atoms with Crippen LogP contribution in [0.5, 0.6) is 0 Å². The monoisotopic (exact) mass is 238 g/mol. The van der Waals surface area contributed by atoms with Crippen molar-refractivity contribution in [2.24, 2.45) is 0 Å². The third kappa shape index (κ3) is 3.41. The molecule has 17 heavy (non-hydrogen) atoms. The summed E-state index contributed by atoms with van der Waals surface area (Å²) in [6.45, 7) is 0. The summed E-state index contributed by atoms with van der Waals surface area (Å²) in [6.07, 6.45) is 0.837. The lowest BCUT2D eigenvalue weighted by Gasteiger charge is -2.00. The first-order valence-corrected chi connectivity index (χ1v) is 6.28. The number of rotatable bonds is 2. The van der Waals surface area contributed by atoms with Crippen molar-refractivity contribution >= 4 is 12.6 Å². The first-order chi connectivity index (χ1) is 8.40. The van der Waals surface area contributed by atoms with Crippen LogP contribution in [0.15, 0.2) is 54.6 Å². The van der Waals surface area contributed by atoms with E-state index in [1.807, 2.05) is 6.07 Å². The molecule has 0 nitrogen and oxygen atoms in total. The van der Waals surface area contributed by atoms with Crippen molar-refractivity contribution in [1.29, 1.82) is 0 Å². The minimum absolute atomic E-state index is 0.815. The van der Waals surface area contributed by atoms with Gasteiger partial charge in [0.1, 0.15) is 0 Å². The van der Waals surface area contributed by atoms with Gasteiger partial charge in [0.05, 0.1) is 0 Å². The van der Waals surface area contributed by atoms with Gasteiger partial charge in [-0.2, -0.15) is 12.6 Å². The van der Waals surface area contributed by atoms with Gasteiger partial charge in [-0.15, -0.1) is 0 Å². The molecule has 0 spiro atoms. The van der Waals surface area contributed by atoms with Gasteiger partial charge in [-0.3, -0.25) is 0 Å². The van der Waals surface area contributed by atoms with Crippen LogP contribution in [0.3, 0.4) is 0 Å². The molecular formula is C16H14S. The largest absolute Gasteiger partial charge is 0.178 e. The van der Waals surface area contributed by atoms with Crippen LogP contribution in [0.2, 0.25) is 0 Å². The van der Waals surface area contributed by atoms with Gasteiger partial charge in [-0.1, -0.05) is 54.3 Å². The number of hydrogen-bond acceptors (Lipinski definition) is 1. The summed E-state index contributed by atoms with van der Waals surface area (Å²) in [6, 6.07) is 18.7. The average Bonchev–Trinajstić information content (AvgIpc) is 2.41. The smallest absolute Gasteiger partial charge is 0.0245 e. The fourth-order valence-electron chi connectivity index (χ4n) is 1.60. The maximum absolute atomic E-state index is 4.13. The molecule has 0 unspecified atom stereocenters. The summed E-state index contributed by atoms with van der Waals surface area (Å²) in [4.78, 5) is 0. The van der Waals surface area contributed by atoms with E-state index in [4.69, 9.17) is 0 Å². The molecular weight excluding hydrogens is 224 g/mol. The van der Waals surface area contributed by atoms with Crippen LogP contribution in [-0.4, -0.2) is 5.75 Å². The molecule has 0 radical (unpaired) electrons. The summed E-state index contributed by atoms with van der Waals surface area (Å²) in [5.74, 6) is 7.02. The normalized spacial score (nSPS) is 9.47. The Morgan fingerprint density at radius 2 is 1.47 bits per heavy atom. The molecule has 0 bridgehead atoms.